The van der Waals surface area contributed by atoms with Crippen molar-refractivity contribution in [3.63, 3.8) is 0 Å². The van der Waals surface area contributed by atoms with Crippen LogP contribution in [0.1, 0.15) is 39.5 Å². The van der Waals surface area contributed by atoms with Gasteiger partial charge in [0.05, 0.1) is 23.2 Å². The molecule has 5 aromatic heterocycles. The third-order valence-corrected chi connectivity index (χ3v) is 5.65. The van der Waals surface area contributed by atoms with Crippen LogP contribution in [-0.4, -0.2) is 52.1 Å². The largest absolute Gasteiger partial charge is 0.411 e. The van der Waals surface area contributed by atoms with E-state index >= 15 is 0 Å². The number of aromatic amines is 1. The first kappa shape index (κ1) is 18.4. The van der Waals surface area contributed by atoms with Crippen LogP contribution < -0.4 is 0 Å². The maximum atomic E-state index is 13.5. The van der Waals surface area contributed by atoms with E-state index in [1.54, 1.807) is 29.6 Å². The zero-order valence-corrected chi connectivity index (χ0v) is 17.1. The van der Waals surface area contributed by atoms with Gasteiger partial charge in [-0.3, -0.25) is 9.78 Å². The summed E-state index contributed by atoms with van der Waals surface area (Å²) in [6.07, 6.45) is 3.93. The normalized spacial score (nSPS) is 15.8. The van der Waals surface area contributed by atoms with E-state index in [9.17, 15) is 4.79 Å². The number of hydrogen-bond donors (Lipinski definition) is 1. The quantitative estimate of drug-likeness (QED) is 0.471. The fraction of sp³-hybridized carbons (Fsp3) is 0.182. The summed E-state index contributed by atoms with van der Waals surface area (Å²) in [7, 11) is 0. The molecule has 0 spiro atoms. The number of nitrogens with zero attached hydrogens (tertiary/aromatic N) is 7. The van der Waals surface area contributed by atoms with Crippen molar-refractivity contribution in [2.45, 2.75) is 19.4 Å². The van der Waals surface area contributed by atoms with E-state index in [2.05, 4.69) is 25.1 Å². The van der Waals surface area contributed by atoms with Crippen molar-refractivity contribution < 1.29 is 9.21 Å². The van der Waals surface area contributed by atoms with Gasteiger partial charge in [-0.25, -0.2) is 9.50 Å². The molecule has 0 saturated carbocycles. The molecule has 0 saturated heterocycles. The first-order valence-electron chi connectivity index (χ1n) is 10.2. The van der Waals surface area contributed by atoms with E-state index in [0.717, 1.165) is 28.3 Å². The van der Waals surface area contributed by atoms with Crippen LogP contribution in [-0.2, 0) is 6.42 Å². The van der Waals surface area contributed by atoms with Gasteiger partial charge in [-0.1, -0.05) is 12.1 Å². The van der Waals surface area contributed by atoms with Crippen molar-refractivity contribution in [1.82, 2.24) is 39.7 Å². The monoisotopic (exact) mass is 426 g/mol. The Morgan fingerprint density at radius 3 is 2.94 bits per heavy atom. The third-order valence-electron chi connectivity index (χ3n) is 5.65. The molecule has 0 bridgehead atoms. The molecule has 0 fully saturated rings. The Hall–Kier alpha value is -4.34. The van der Waals surface area contributed by atoms with Crippen molar-refractivity contribution in [2.75, 3.05) is 6.54 Å². The highest BCUT2D eigenvalue weighted by Crippen LogP contribution is 2.34. The van der Waals surface area contributed by atoms with Crippen LogP contribution in [0.3, 0.4) is 0 Å². The molecule has 1 aliphatic rings. The number of amides is 1. The lowest BCUT2D eigenvalue weighted by atomic mass is 9.99. The fourth-order valence-corrected chi connectivity index (χ4v) is 4.13. The fourth-order valence-electron chi connectivity index (χ4n) is 4.13. The summed E-state index contributed by atoms with van der Waals surface area (Å²) in [5.41, 5.74) is 4.96. The Kier molecular flexibility index (Phi) is 4.10. The van der Waals surface area contributed by atoms with Gasteiger partial charge in [0.25, 0.3) is 5.89 Å². The van der Waals surface area contributed by atoms with Crippen LogP contribution in [0.25, 0.3) is 17.1 Å². The molecule has 6 heterocycles. The Morgan fingerprint density at radius 2 is 2.09 bits per heavy atom. The van der Waals surface area contributed by atoms with Gasteiger partial charge in [-0.2, -0.15) is 5.10 Å². The van der Waals surface area contributed by atoms with Crippen LogP contribution in [0, 0.1) is 6.92 Å². The summed E-state index contributed by atoms with van der Waals surface area (Å²) < 4.78 is 7.55. The van der Waals surface area contributed by atoms with Crippen molar-refractivity contribution in [2.24, 2.45) is 0 Å². The Balaban J connectivity index is 1.41. The van der Waals surface area contributed by atoms with Crippen LogP contribution in [0.4, 0.5) is 0 Å². The first-order valence-corrected chi connectivity index (χ1v) is 10.2. The van der Waals surface area contributed by atoms with E-state index in [4.69, 9.17) is 9.52 Å². The second-order valence-corrected chi connectivity index (χ2v) is 7.62. The van der Waals surface area contributed by atoms with Gasteiger partial charge >= 0.3 is 11.8 Å². The second-order valence-electron chi connectivity index (χ2n) is 7.62. The number of carbonyl (C=O) groups excluding carboxylic acids is 1. The van der Waals surface area contributed by atoms with Gasteiger partial charge < -0.3 is 14.3 Å². The molecular formula is C22H18N8O2. The van der Waals surface area contributed by atoms with Crippen LogP contribution in [0.5, 0.6) is 0 Å². The van der Waals surface area contributed by atoms with E-state index in [-0.39, 0.29) is 17.7 Å². The molecule has 5 aromatic rings. The number of aryl methyl sites for hydroxylation is 1. The zero-order valence-electron chi connectivity index (χ0n) is 17.1. The number of nitrogens with one attached hydrogen (secondary N) is 1. The average Bonchev–Trinajstić information content (AvgIpc) is 3.58. The number of carbonyl (C=O) groups is 1. The smallest absolute Gasteiger partial charge is 0.312 e. The molecule has 158 valence electrons. The molecule has 6 rings (SSSR count). The summed E-state index contributed by atoms with van der Waals surface area (Å²) >= 11 is 0. The number of rotatable bonds is 3. The van der Waals surface area contributed by atoms with Gasteiger partial charge in [-0.05, 0) is 37.3 Å². The lowest BCUT2D eigenvalue weighted by molar-refractivity contribution is 0.0646. The maximum absolute atomic E-state index is 13.5. The van der Waals surface area contributed by atoms with Crippen molar-refractivity contribution in [1.29, 1.82) is 0 Å². The SMILES string of the molecule is Cc1cccc2cc([C@H]3c4nc[nH]c4CCN3C(=O)c3nnc(-c4ccccn4)o3)nn12. The van der Waals surface area contributed by atoms with Crippen LogP contribution >= 0.6 is 0 Å². The minimum atomic E-state index is -0.470. The maximum Gasteiger partial charge on any atom is 0.312 e. The van der Waals surface area contributed by atoms with E-state index in [1.165, 1.54) is 0 Å². The van der Waals surface area contributed by atoms with Crippen LogP contribution in [0.15, 0.2) is 59.4 Å². The second kappa shape index (κ2) is 7.12. The number of hydrogen-bond acceptors (Lipinski definition) is 7. The molecule has 32 heavy (non-hydrogen) atoms. The van der Waals surface area contributed by atoms with E-state index in [0.29, 0.717) is 18.7 Å². The summed E-state index contributed by atoms with van der Waals surface area (Å²) in [6.45, 7) is 2.46. The molecule has 1 amide bonds. The van der Waals surface area contributed by atoms with Gasteiger partial charge in [0, 0.05) is 30.6 Å². The van der Waals surface area contributed by atoms with Crippen molar-refractivity contribution in [3.8, 4) is 11.6 Å². The lowest BCUT2D eigenvalue weighted by Gasteiger charge is -2.32. The number of imidazole rings is 1. The standard InChI is InChI=1S/C22H18N8O2/c1-13-5-4-6-14-11-17(28-30(13)14)19-18-15(24-12-25-18)8-10-29(19)22(31)21-27-26-20(32-21)16-7-2-3-9-23-16/h2-7,9,11-12,19H,8,10H2,1H3,(H,24,25)/t19-/m0/s1. The molecule has 10 heteroatoms. The molecule has 0 aromatic carbocycles. The van der Waals surface area contributed by atoms with Crippen molar-refractivity contribution >= 4 is 11.4 Å². The van der Waals surface area contributed by atoms with Crippen molar-refractivity contribution in [3.05, 3.63) is 83.7 Å². The highest BCUT2D eigenvalue weighted by Gasteiger charge is 2.38. The van der Waals surface area contributed by atoms with Gasteiger partial charge in [0.1, 0.15) is 11.7 Å². The Morgan fingerprint density at radius 1 is 1.16 bits per heavy atom. The summed E-state index contributed by atoms with van der Waals surface area (Å²) in [6, 6.07) is 12.8. The topological polar surface area (TPSA) is 118 Å². The predicted octanol–water partition coefficient (Wildman–Crippen LogP) is 2.60. The molecule has 1 N–H and O–H groups in total. The predicted molar refractivity (Wildman–Crippen MR) is 113 cm³/mol. The highest BCUT2D eigenvalue weighted by atomic mass is 16.4. The molecule has 10 nitrogen and oxygen atoms in total. The Bertz CT molecular complexity index is 1430. The van der Waals surface area contributed by atoms with Gasteiger partial charge in [-0.15, -0.1) is 10.2 Å². The summed E-state index contributed by atoms with van der Waals surface area (Å²) in [4.78, 5) is 27.1. The number of pyridine rings is 2. The molecule has 1 aliphatic heterocycles. The minimum Gasteiger partial charge on any atom is -0.411 e. The average molecular weight is 426 g/mol. The molecule has 1 atom stereocenters. The first-order chi connectivity index (χ1) is 15.7. The molecular weight excluding hydrogens is 408 g/mol. The summed E-state index contributed by atoms with van der Waals surface area (Å²) in [5.74, 6) is -0.256. The van der Waals surface area contributed by atoms with E-state index in [1.807, 2.05) is 41.8 Å². The number of fused-ring (bicyclic) bond motifs is 2. The number of aromatic nitrogens is 7. The highest BCUT2D eigenvalue weighted by molar-refractivity contribution is 5.90. The summed E-state index contributed by atoms with van der Waals surface area (Å²) in [5, 5.41) is 12.8. The van der Waals surface area contributed by atoms with Gasteiger partial charge in [0.15, 0.2) is 0 Å². The Labute approximate surface area is 181 Å². The zero-order chi connectivity index (χ0) is 21.7. The lowest BCUT2D eigenvalue weighted by Crippen LogP contribution is -2.41. The minimum absolute atomic E-state index is 0.0883. The molecule has 0 radical (unpaired) electrons. The number of H-pyrrole nitrogens is 1. The molecule has 0 aliphatic carbocycles. The molecule has 0 unspecified atom stereocenters. The van der Waals surface area contributed by atoms with Gasteiger partial charge in [0.2, 0.25) is 0 Å². The van der Waals surface area contributed by atoms with E-state index < -0.39 is 6.04 Å². The van der Waals surface area contributed by atoms with Crippen LogP contribution in [0.2, 0.25) is 0 Å². The third kappa shape index (κ3) is 2.88.